The second-order valence-corrected chi connectivity index (χ2v) is 4.45. The van der Waals surface area contributed by atoms with Crippen molar-refractivity contribution >= 4 is 12.4 Å². The van der Waals surface area contributed by atoms with Crippen LogP contribution in [0, 0.1) is 0 Å². The van der Waals surface area contributed by atoms with Gasteiger partial charge in [-0.1, -0.05) is 45.0 Å². The first kappa shape index (κ1) is 15.7. The minimum Gasteiger partial charge on any atom is -0.445 e. The van der Waals surface area contributed by atoms with Crippen molar-refractivity contribution in [3.05, 3.63) is 29.8 Å². The van der Waals surface area contributed by atoms with E-state index in [0.29, 0.717) is 0 Å². The van der Waals surface area contributed by atoms with E-state index in [1.165, 1.54) is 0 Å². The Morgan fingerprint density at radius 3 is 1.60 bits per heavy atom. The maximum absolute atomic E-state index is 12.3. The third-order valence-corrected chi connectivity index (χ3v) is 2.15. The summed E-state index contributed by atoms with van der Waals surface area (Å²) in [5, 5.41) is 0. The maximum Gasteiger partial charge on any atom is 1.00 e. The van der Waals surface area contributed by atoms with Gasteiger partial charge in [-0.25, -0.2) is 0 Å². The Morgan fingerprint density at radius 2 is 1.33 bits per heavy atom. The molecule has 0 saturated carbocycles. The number of benzene rings is 1. The van der Waals surface area contributed by atoms with Gasteiger partial charge in [0, 0.05) is 0 Å². The quantitative estimate of drug-likeness (QED) is 0.608. The summed E-state index contributed by atoms with van der Waals surface area (Å²) in [5.41, 5.74) is 0.288. The SMILES string of the molecule is CC(C)(C)c1ccc([B-](F)(F)F)cc1.[K+]. The van der Waals surface area contributed by atoms with E-state index in [1.807, 2.05) is 20.8 Å². The molecule has 1 aromatic carbocycles. The number of hydrogen-bond donors (Lipinski definition) is 0. The largest absolute Gasteiger partial charge is 1.00 e. The average molecular weight is 240 g/mol. The fourth-order valence-corrected chi connectivity index (χ4v) is 1.20. The molecule has 0 N–H and O–H groups in total. The van der Waals surface area contributed by atoms with Crippen molar-refractivity contribution in [1.29, 1.82) is 0 Å². The van der Waals surface area contributed by atoms with Gasteiger partial charge in [-0.3, -0.25) is 0 Å². The molecule has 0 saturated heterocycles. The van der Waals surface area contributed by atoms with Gasteiger partial charge in [0.2, 0.25) is 0 Å². The molecule has 0 aliphatic rings. The molecular weight excluding hydrogens is 227 g/mol. The first-order chi connectivity index (χ1) is 6.21. The van der Waals surface area contributed by atoms with Gasteiger partial charge in [-0.2, -0.15) is 0 Å². The molecule has 1 rings (SSSR count). The Bertz CT molecular complexity index is 278. The van der Waals surface area contributed by atoms with E-state index < -0.39 is 12.4 Å². The standard InChI is InChI=1S/C10H13BF3.K/c1-10(2,3)8-4-6-9(7-5-8)11(12,13)14;/h4-7H,1-3H3;/q-1;+1. The Morgan fingerprint density at radius 1 is 0.933 bits per heavy atom. The van der Waals surface area contributed by atoms with E-state index in [9.17, 15) is 12.9 Å². The van der Waals surface area contributed by atoms with E-state index in [1.54, 1.807) is 12.1 Å². The van der Waals surface area contributed by atoms with Crippen molar-refractivity contribution in [2.45, 2.75) is 26.2 Å². The van der Waals surface area contributed by atoms with E-state index in [4.69, 9.17) is 0 Å². The summed E-state index contributed by atoms with van der Waals surface area (Å²) in [4.78, 5) is 0. The Kier molecular flexibility index (Phi) is 5.62. The monoisotopic (exact) mass is 240 g/mol. The predicted octanol–water partition coefficient (Wildman–Crippen LogP) is 0.0425. The van der Waals surface area contributed by atoms with Crippen molar-refractivity contribution in [3.63, 3.8) is 0 Å². The molecule has 0 amide bonds. The fraction of sp³-hybridized carbons (Fsp3) is 0.400. The van der Waals surface area contributed by atoms with Gasteiger partial charge in [0.15, 0.2) is 0 Å². The molecule has 5 heteroatoms. The molecule has 0 heterocycles. The minimum atomic E-state index is -4.86. The van der Waals surface area contributed by atoms with E-state index in [2.05, 4.69) is 0 Å². The van der Waals surface area contributed by atoms with Gasteiger partial charge in [-0.05, 0) is 11.0 Å². The van der Waals surface area contributed by atoms with Crippen molar-refractivity contribution in [2.24, 2.45) is 0 Å². The minimum absolute atomic E-state index is 0. The third kappa shape index (κ3) is 4.61. The summed E-state index contributed by atoms with van der Waals surface area (Å²) < 4.78 is 36.8. The Labute approximate surface area is 131 Å². The molecule has 0 unspecified atom stereocenters. The molecular formula is C10H13BF3K. The molecule has 1 aromatic rings. The van der Waals surface area contributed by atoms with Crippen LogP contribution in [0.2, 0.25) is 0 Å². The van der Waals surface area contributed by atoms with Crippen LogP contribution in [-0.2, 0) is 5.41 Å². The van der Waals surface area contributed by atoms with E-state index in [-0.39, 0.29) is 56.8 Å². The molecule has 0 atom stereocenters. The zero-order valence-corrected chi connectivity index (χ0v) is 12.6. The molecule has 0 aliphatic heterocycles. The van der Waals surface area contributed by atoms with Gasteiger partial charge in [0.1, 0.15) is 0 Å². The van der Waals surface area contributed by atoms with Crippen LogP contribution in [0.15, 0.2) is 24.3 Å². The van der Waals surface area contributed by atoms with Crippen LogP contribution in [0.25, 0.3) is 0 Å². The summed E-state index contributed by atoms with van der Waals surface area (Å²) in [6, 6.07) is 5.40. The van der Waals surface area contributed by atoms with Crippen LogP contribution in [0.1, 0.15) is 26.3 Å². The fourth-order valence-electron chi connectivity index (χ4n) is 1.20. The van der Waals surface area contributed by atoms with Crippen LogP contribution in [0.3, 0.4) is 0 Å². The zero-order chi connectivity index (χ0) is 11.0. The summed E-state index contributed by atoms with van der Waals surface area (Å²) in [7, 11) is 0. The van der Waals surface area contributed by atoms with Crippen molar-refractivity contribution in [2.75, 3.05) is 0 Å². The summed E-state index contributed by atoms with van der Waals surface area (Å²) >= 11 is 0. The summed E-state index contributed by atoms with van der Waals surface area (Å²) in [5.74, 6) is 0. The predicted molar refractivity (Wildman–Crippen MR) is 53.9 cm³/mol. The molecule has 0 fully saturated rings. The second-order valence-electron chi connectivity index (χ2n) is 4.45. The van der Waals surface area contributed by atoms with E-state index >= 15 is 0 Å². The van der Waals surface area contributed by atoms with Crippen molar-refractivity contribution in [1.82, 2.24) is 0 Å². The molecule has 0 bridgehead atoms. The van der Waals surface area contributed by atoms with Crippen LogP contribution in [0.5, 0.6) is 0 Å². The van der Waals surface area contributed by atoms with Crippen LogP contribution in [0.4, 0.5) is 12.9 Å². The summed E-state index contributed by atoms with van der Waals surface area (Å²) in [6.45, 7) is 1.06. The van der Waals surface area contributed by atoms with Crippen molar-refractivity contribution < 1.29 is 64.3 Å². The van der Waals surface area contributed by atoms with Gasteiger partial charge < -0.3 is 12.9 Å². The third-order valence-electron chi connectivity index (χ3n) is 2.15. The van der Waals surface area contributed by atoms with Crippen LogP contribution >= 0.6 is 0 Å². The first-order valence-corrected chi connectivity index (χ1v) is 4.51. The van der Waals surface area contributed by atoms with Gasteiger partial charge in [-0.15, -0.1) is 5.46 Å². The topological polar surface area (TPSA) is 0 Å². The second kappa shape index (κ2) is 5.36. The molecule has 0 nitrogen and oxygen atoms in total. The first-order valence-electron chi connectivity index (χ1n) is 4.51. The summed E-state index contributed by atoms with van der Waals surface area (Å²) in [6.07, 6.45) is 0. The van der Waals surface area contributed by atoms with E-state index in [0.717, 1.165) is 17.7 Å². The molecule has 0 spiro atoms. The van der Waals surface area contributed by atoms with Crippen molar-refractivity contribution in [3.8, 4) is 0 Å². The number of hydrogen-bond acceptors (Lipinski definition) is 0. The smallest absolute Gasteiger partial charge is 0.445 e. The zero-order valence-electron chi connectivity index (χ0n) is 9.52. The van der Waals surface area contributed by atoms with Crippen LogP contribution < -0.4 is 56.8 Å². The number of halogens is 3. The number of rotatable bonds is 1. The Hall–Kier alpha value is 0.711. The van der Waals surface area contributed by atoms with Gasteiger partial charge in [0.05, 0.1) is 0 Å². The van der Waals surface area contributed by atoms with Gasteiger partial charge in [0.25, 0.3) is 0 Å². The molecule has 0 radical (unpaired) electrons. The average Bonchev–Trinajstić information content (AvgIpc) is 2.01. The Balaban J connectivity index is 0.00000196. The molecule has 78 valence electrons. The molecule has 15 heavy (non-hydrogen) atoms. The van der Waals surface area contributed by atoms with Crippen LogP contribution in [-0.4, -0.2) is 6.98 Å². The van der Waals surface area contributed by atoms with Gasteiger partial charge >= 0.3 is 58.4 Å². The molecule has 0 aliphatic carbocycles. The normalized spacial score (nSPS) is 12.1. The molecule has 0 aromatic heterocycles. The maximum atomic E-state index is 12.3.